The predicted octanol–water partition coefficient (Wildman–Crippen LogP) is 1.94. The number of carbonyl (C=O) groups is 2. The summed E-state index contributed by atoms with van der Waals surface area (Å²) in [4.78, 5) is 37.3. The van der Waals surface area contributed by atoms with Crippen LogP contribution in [0, 0.1) is 13.8 Å². The predicted molar refractivity (Wildman–Crippen MR) is 77.9 cm³/mol. The third-order valence-corrected chi connectivity index (χ3v) is 3.03. The van der Waals surface area contributed by atoms with Crippen LogP contribution in [0.3, 0.4) is 0 Å². The number of hydrogen-bond acceptors (Lipinski definition) is 3. The number of H-pyrrole nitrogens is 1. The number of hydrogen-bond donors (Lipinski definition) is 3. The molecule has 1 amide bonds. The number of aryl methyl sites for hydroxylation is 2. The molecular weight excluding hydrogens is 272 g/mol. The van der Waals surface area contributed by atoms with Crippen molar-refractivity contribution in [1.82, 2.24) is 4.98 Å². The maximum atomic E-state index is 12.0. The normalized spacial score (nSPS) is 10.2. The SMILES string of the molecule is Cc1ccc(C(=O)Nc2ccc(C)c(C(=O)O)c2)c(=O)[nH]1. The van der Waals surface area contributed by atoms with Gasteiger partial charge >= 0.3 is 5.97 Å². The Kier molecular flexibility index (Phi) is 3.89. The van der Waals surface area contributed by atoms with Crippen molar-refractivity contribution in [3.05, 3.63) is 63.1 Å². The van der Waals surface area contributed by atoms with Crippen molar-refractivity contribution in [1.29, 1.82) is 0 Å². The van der Waals surface area contributed by atoms with Gasteiger partial charge in [0, 0.05) is 11.4 Å². The first-order chi connectivity index (χ1) is 9.88. The molecule has 2 aromatic rings. The average Bonchev–Trinajstić information content (AvgIpc) is 2.40. The molecule has 108 valence electrons. The Labute approximate surface area is 120 Å². The van der Waals surface area contributed by atoms with Crippen LogP contribution >= 0.6 is 0 Å². The quantitative estimate of drug-likeness (QED) is 0.802. The van der Waals surface area contributed by atoms with E-state index >= 15 is 0 Å². The molecule has 0 saturated carbocycles. The summed E-state index contributed by atoms with van der Waals surface area (Å²) < 4.78 is 0. The number of anilines is 1. The molecular formula is C15H14N2O4. The number of aromatic carboxylic acids is 1. The molecule has 0 fully saturated rings. The van der Waals surface area contributed by atoms with Crippen molar-refractivity contribution in [2.24, 2.45) is 0 Å². The zero-order valence-electron chi connectivity index (χ0n) is 11.6. The highest BCUT2D eigenvalue weighted by Crippen LogP contribution is 2.16. The van der Waals surface area contributed by atoms with E-state index in [4.69, 9.17) is 5.11 Å². The van der Waals surface area contributed by atoms with Crippen LogP contribution in [0.1, 0.15) is 32.0 Å². The molecule has 21 heavy (non-hydrogen) atoms. The maximum Gasteiger partial charge on any atom is 0.336 e. The van der Waals surface area contributed by atoms with Crippen LogP contribution in [0.4, 0.5) is 5.69 Å². The highest BCUT2D eigenvalue weighted by atomic mass is 16.4. The van der Waals surface area contributed by atoms with Gasteiger partial charge in [0.25, 0.3) is 11.5 Å². The lowest BCUT2D eigenvalue weighted by Gasteiger charge is -2.07. The number of nitrogens with one attached hydrogen (secondary N) is 2. The molecule has 1 aromatic heterocycles. The lowest BCUT2D eigenvalue weighted by atomic mass is 10.1. The molecule has 6 nitrogen and oxygen atoms in total. The number of aromatic nitrogens is 1. The summed E-state index contributed by atoms with van der Waals surface area (Å²) in [7, 11) is 0. The Morgan fingerprint density at radius 2 is 1.81 bits per heavy atom. The second kappa shape index (κ2) is 5.62. The number of rotatable bonds is 3. The molecule has 0 unspecified atom stereocenters. The van der Waals surface area contributed by atoms with E-state index in [0.29, 0.717) is 16.9 Å². The fourth-order valence-corrected chi connectivity index (χ4v) is 1.88. The third-order valence-electron chi connectivity index (χ3n) is 3.03. The molecule has 0 aliphatic heterocycles. The van der Waals surface area contributed by atoms with Crippen molar-refractivity contribution < 1.29 is 14.7 Å². The van der Waals surface area contributed by atoms with E-state index in [1.165, 1.54) is 12.1 Å². The second-order valence-corrected chi connectivity index (χ2v) is 4.67. The molecule has 0 aliphatic carbocycles. The van der Waals surface area contributed by atoms with Gasteiger partial charge in [-0.15, -0.1) is 0 Å². The monoisotopic (exact) mass is 286 g/mol. The summed E-state index contributed by atoms with van der Waals surface area (Å²) in [6.07, 6.45) is 0. The molecule has 0 bridgehead atoms. The summed E-state index contributed by atoms with van der Waals surface area (Å²) in [5.41, 5.74) is 1.15. The molecule has 0 aliphatic rings. The van der Waals surface area contributed by atoms with Gasteiger partial charge in [0.15, 0.2) is 0 Å². The van der Waals surface area contributed by atoms with Gasteiger partial charge in [0.2, 0.25) is 0 Å². The zero-order chi connectivity index (χ0) is 15.6. The summed E-state index contributed by atoms with van der Waals surface area (Å²) in [6.45, 7) is 3.38. The van der Waals surface area contributed by atoms with Crippen molar-refractivity contribution in [2.45, 2.75) is 13.8 Å². The fourth-order valence-electron chi connectivity index (χ4n) is 1.88. The average molecular weight is 286 g/mol. The van der Waals surface area contributed by atoms with Crippen LogP contribution in [0.2, 0.25) is 0 Å². The van der Waals surface area contributed by atoms with Gasteiger partial charge in [-0.3, -0.25) is 9.59 Å². The van der Waals surface area contributed by atoms with Gasteiger partial charge in [-0.25, -0.2) is 4.79 Å². The van der Waals surface area contributed by atoms with Crippen LogP contribution in [-0.2, 0) is 0 Å². The number of carboxylic acid groups (broad SMARTS) is 1. The zero-order valence-corrected chi connectivity index (χ0v) is 11.6. The number of pyridine rings is 1. The third kappa shape index (κ3) is 3.17. The minimum Gasteiger partial charge on any atom is -0.478 e. The molecule has 3 N–H and O–H groups in total. The molecule has 0 radical (unpaired) electrons. The molecule has 0 spiro atoms. The van der Waals surface area contributed by atoms with Crippen molar-refractivity contribution in [2.75, 3.05) is 5.32 Å². The van der Waals surface area contributed by atoms with Crippen molar-refractivity contribution in [3.63, 3.8) is 0 Å². The Morgan fingerprint density at radius 3 is 2.43 bits per heavy atom. The number of aromatic amines is 1. The number of carbonyl (C=O) groups excluding carboxylic acids is 1. The van der Waals surface area contributed by atoms with E-state index in [9.17, 15) is 14.4 Å². The minimum absolute atomic E-state index is 0.0296. The Hall–Kier alpha value is -2.89. The van der Waals surface area contributed by atoms with Crippen LogP contribution < -0.4 is 10.9 Å². The Bertz CT molecular complexity index is 777. The maximum absolute atomic E-state index is 12.0. The molecule has 6 heteroatoms. The first kappa shape index (κ1) is 14.5. The van der Waals surface area contributed by atoms with Crippen LogP contribution in [-0.4, -0.2) is 22.0 Å². The second-order valence-electron chi connectivity index (χ2n) is 4.67. The smallest absolute Gasteiger partial charge is 0.336 e. The standard InChI is InChI=1S/C15H14N2O4/c1-8-3-5-10(7-12(8)15(20)21)17-14(19)11-6-4-9(2)16-13(11)18/h3-7H,1-2H3,(H,16,18)(H,17,19)(H,20,21). The van der Waals surface area contributed by atoms with Gasteiger partial charge in [-0.1, -0.05) is 6.07 Å². The topological polar surface area (TPSA) is 99.3 Å². The fraction of sp³-hybridized carbons (Fsp3) is 0.133. The Balaban J connectivity index is 2.29. The Morgan fingerprint density at radius 1 is 1.10 bits per heavy atom. The summed E-state index contributed by atoms with van der Waals surface area (Å²) in [5, 5.41) is 11.6. The lowest BCUT2D eigenvalue weighted by molar-refractivity contribution is 0.0695. The molecule has 1 heterocycles. The lowest BCUT2D eigenvalue weighted by Crippen LogP contribution is -2.23. The molecule has 2 rings (SSSR count). The van der Waals surface area contributed by atoms with Crippen molar-refractivity contribution >= 4 is 17.6 Å². The molecule has 0 atom stereocenters. The first-order valence-corrected chi connectivity index (χ1v) is 6.23. The van der Waals surface area contributed by atoms with E-state index in [1.807, 2.05) is 0 Å². The number of benzene rings is 1. The summed E-state index contributed by atoms with van der Waals surface area (Å²) >= 11 is 0. The van der Waals surface area contributed by atoms with E-state index < -0.39 is 17.4 Å². The van der Waals surface area contributed by atoms with Crippen LogP contribution in [0.25, 0.3) is 0 Å². The van der Waals surface area contributed by atoms with Crippen LogP contribution in [0.15, 0.2) is 35.1 Å². The van der Waals surface area contributed by atoms with Crippen molar-refractivity contribution in [3.8, 4) is 0 Å². The highest BCUT2D eigenvalue weighted by Gasteiger charge is 2.13. The van der Waals surface area contributed by atoms with Crippen LogP contribution in [0.5, 0.6) is 0 Å². The number of carboxylic acids is 1. The van der Waals surface area contributed by atoms with E-state index in [-0.39, 0.29) is 11.1 Å². The summed E-state index contributed by atoms with van der Waals surface area (Å²) in [6, 6.07) is 7.59. The molecule has 1 aromatic carbocycles. The van der Waals surface area contributed by atoms with E-state index in [2.05, 4.69) is 10.3 Å². The summed E-state index contributed by atoms with van der Waals surface area (Å²) in [5.74, 6) is -1.66. The number of amides is 1. The molecule has 0 saturated heterocycles. The van der Waals surface area contributed by atoms with Gasteiger partial charge in [0.05, 0.1) is 5.56 Å². The van der Waals surface area contributed by atoms with E-state index in [0.717, 1.165) is 0 Å². The van der Waals surface area contributed by atoms with Gasteiger partial charge in [-0.05, 0) is 43.7 Å². The largest absolute Gasteiger partial charge is 0.478 e. The van der Waals surface area contributed by atoms with Gasteiger partial charge in [0.1, 0.15) is 5.56 Å². The highest BCUT2D eigenvalue weighted by molar-refractivity contribution is 6.04. The first-order valence-electron chi connectivity index (χ1n) is 6.23. The van der Waals surface area contributed by atoms with Gasteiger partial charge in [-0.2, -0.15) is 0 Å². The van der Waals surface area contributed by atoms with E-state index in [1.54, 1.807) is 32.0 Å². The minimum atomic E-state index is -1.07. The van der Waals surface area contributed by atoms with Gasteiger partial charge < -0.3 is 15.4 Å².